The molecule has 2 nitrogen and oxygen atoms in total. The Morgan fingerprint density at radius 2 is 1.36 bits per heavy atom. The summed E-state index contributed by atoms with van der Waals surface area (Å²) in [7, 11) is 0. The Bertz CT molecular complexity index is 93.4. The topological polar surface area (TPSA) is 29.3 Å². The second kappa shape index (κ2) is 9.47. The molecule has 2 heteroatoms. The zero-order valence-corrected chi connectivity index (χ0v) is 11.1. The molecular formula is C12H30N2. The van der Waals surface area contributed by atoms with Crippen molar-refractivity contribution < 1.29 is 0 Å². The maximum Gasteiger partial charge on any atom is 0.00686 e. The molecule has 0 atom stereocenters. The molecule has 0 unspecified atom stereocenters. The smallest absolute Gasteiger partial charge is 0.00686 e. The third-order valence-corrected chi connectivity index (χ3v) is 1.65. The van der Waals surface area contributed by atoms with Gasteiger partial charge in [-0.25, -0.2) is 0 Å². The predicted octanol–water partition coefficient (Wildman–Crippen LogP) is 2.87. The van der Waals surface area contributed by atoms with Gasteiger partial charge in [-0.1, -0.05) is 20.8 Å². The van der Waals surface area contributed by atoms with E-state index in [1.165, 1.54) is 32.5 Å². The number of hydrogen-bond donors (Lipinski definition) is 1. The quantitative estimate of drug-likeness (QED) is 0.708. The van der Waals surface area contributed by atoms with Crippen LogP contribution in [0.5, 0.6) is 0 Å². The number of nitrogens with two attached hydrogens (primary N) is 1. The summed E-state index contributed by atoms with van der Waals surface area (Å²) in [5.74, 6) is 0. The fourth-order valence-corrected chi connectivity index (χ4v) is 1.10. The highest BCUT2D eigenvalue weighted by atomic mass is 15.1. The van der Waals surface area contributed by atoms with Crippen molar-refractivity contribution in [2.45, 2.75) is 59.9 Å². The summed E-state index contributed by atoms with van der Waals surface area (Å²) in [4.78, 5) is 2.49. The lowest BCUT2D eigenvalue weighted by molar-refractivity contribution is 0.359. The first-order valence-corrected chi connectivity index (χ1v) is 5.94. The van der Waals surface area contributed by atoms with E-state index in [1.807, 2.05) is 34.6 Å². The van der Waals surface area contributed by atoms with Crippen molar-refractivity contribution in [1.29, 1.82) is 0 Å². The van der Waals surface area contributed by atoms with Crippen LogP contribution in [-0.4, -0.2) is 30.1 Å². The van der Waals surface area contributed by atoms with Crippen LogP contribution < -0.4 is 5.73 Å². The van der Waals surface area contributed by atoms with Crippen molar-refractivity contribution in [1.82, 2.24) is 4.90 Å². The van der Waals surface area contributed by atoms with Gasteiger partial charge in [0.25, 0.3) is 0 Å². The first-order valence-electron chi connectivity index (χ1n) is 5.94. The van der Waals surface area contributed by atoms with Gasteiger partial charge in [0.1, 0.15) is 0 Å². The molecule has 0 radical (unpaired) electrons. The predicted molar refractivity (Wildman–Crippen MR) is 66.6 cm³/mol. The van der Waals surface area contributed by atoms with E-state index >= 15 is 0 Å². The molecule has 1 saturated heterocycles. The average Bonchev–Trinajstić information content (AvgIpc) is 2.56. The van der Waals surface area contributed by atoms with E-state index < -0.39 is 0 Å². The monoisotopic (exact) mass is 202 g/mol. The molecule has 2 N–H and O–H groups in total. The second-order valence-electron chi connectivity index (χ2n) is 4.51. The summed E-state index contributed by atoms with van der Waals surface area (Å²) in [6, 6.07) is 0. The molecule has 0 bridgehead atoms. The highest BCUT2D eigenvalue weighted by molar-refractivity contribution is 4.62. The molecule has 88 valence electrons. The van der Waals surface area contributed by atoms with Gasteiger partial charge in [0.2, 0.25) is 0 Å². The summed E-state index contributed by atoms with van der Waals surface area (Å²) < 4.78 is 0. The maximum atomic E-state index is 5.35. The largest absolute Gasteiger partial charge is 0.326 e. The van der Waals surface area contributed by atoms with Crippen molar-refractivity contribution >= 4 is 0 Å². The lowest BCUT2D eigenvalue weighted by Crippen LogP contribution is -2.26. The molecule has 0 amide bonds. The minimum atomic E-state index is 0. The Hall–Kier alpha value is -0.0800. The molecule has 0 spiro atoms. The van der Waals surface area contributed by atoms with Gasteiger partial charge < -0.3 is 10.6 Å². The Morgan fingerprint density at radius 1 is 1.07 bits per heavy atom. The molecule has 0 aromatic heterocycles. The lowest BCUT2D eigenvalue weighted by Gasteiger charge is -2.08. The van der Waals surface area contributed by atoms with Gasteiger partial charge in [-0.15, -0.1) is 0 Å². The molecule has 0 aliphatic carbocycles. The Labute approximate surface area is 90.9 Å². The molecule has 1 aliphatic heterocycles. The maximum absolute atomic E-state index is 5.35. The molecule has 1 heterocycles. The van der Waals surface area contributed by atoms with Crippen molar-refractivity contribution in [3.05, 3.63) is 0 Å². The highest BCUT2D eigenvalue weighted by Gasteiger charge is 2.06. The van der Waals surface area contributed by atoms with Crippen LogP contribution in [0, 0.1) is 0 Å². The van der Waals surface area contributed by atoms with Gasteiger partial charge in [-0.05, 0) is 53.2 Å². The van der Waals surface area contributed by atoms with Crippen molar-refractivity contribution in [2.75, 3.05) is 19.6 Å². The third-order valence-electron chi connectivity index (χ3n) is 1.65. The van der Waals surface area contributed by atoms with Gasteiger partial charge in [-0.2, -0.15) is 0 Å². The van der Waals surface area contributed by atoms with E-state index in [0.717, 1.165) is 0 Å². The van der Waals surface area contributed by atoms with Crippen molar-refractivity contribution in [3.8, 4) is 0 Å². The lowest BCUT2D eigenvalue weighted by atomic mass is 10.1. The van der Waals surface area contributed by atoms with Gasteiger partial charge in [0.05, 0.1) is 0 Å². The highest BCUT2D eigenvalue weighted by Crippen LogP contribution is 2.04. The van der Waals surface area contributed by atoms with Crippen LogP contribution in [0.2, 0.25) is 0 Å². The normalized spacial score (nSPS) is 16.5. The van der Waals surface area contributed by atoms with Crippen LogP contribution in [-0.2, 0) is 0 Å². The van der Waals surface area contributed by atoms with E-state index in [4.69, 9.17) is 5.73 Å². The fraction of sp³-hybridized carbons (Fsp3) is 1.00. The first-order chi connectivity index (χ1) is 6.43. The van der Waals surface area contributed by atoms with Gasteiger partial charge in [0.15, 0.2) is 0 Å². The first kappa shape index (κ1) is 16.4. The summed E-state index contributed by atoms with van der Waals surface area (Å²) in [5, 5.41) is 0. The molecule has 1 fully saturated rings. The molecule has 14 heavy (non-hydrogen) atoms. The standard InChI is InChI=1S/C6H13N.C4H11N.C2H6/c1-2-7-5-3-4-6-7;1-4(2,3)5;1-2/h2-6H2,1H3;5H2,1-3H3;1-2H3. The molecule has 0 aromatic carbocycles. The van der Waals surface area contributed by atoms with Crippen LogP contribution in [0.15, 0.2) is 0 Å². The zero-order valence-electron chi connectivity index (χ0n) is 11.1. The van der Waals surface area contributed by atoms with Crippen LogP contribution in [0.25, 0.3) is 0 Å². The number of likely N-dealkylation sites (tertiary alicyclic amines) is 1. The van der Waals surface area contributed by atoms with E-state index in [2.05, 4.69) is 11.8 Å². The van der Waals surface area contributed by atoms with E-state index in [-0.39, 0.29) is 5.54 Å². The third kappa shape index (κ3) is 17.9. The van der Waals surface area contributed by atoms with Crippen LogP contribution in [0.3, 0.4) is 0 Å². The van der Waals surface area contributed by atoms with Gasteiger partial charge >= 0.3 is 0 Å². The number of nitrogens with zero attached hydrogens (tertiary/aromatic N) is 1. The summed E-state index contributed by atoms with van der Waals surface area (Å²) >= 11 is 0. The second-order valence-corrected chi connectivity index (χ2v) is 4.51. The van der Waals surface area contributed by atoms with Gasteiger partial charge in [-0.3, -0.25) is 0 Å². The Kier molecular flexibility index (Phi) is 11.1. The minimum Gasteiger partial charge on any atom is -0.326 e. The summed E-state index contributed by atoms with van der Waals surface area (Å²) in [6.45, 7) is 16.1. The van der Waals surface area contributed by atoms with Crippen molar-refractivity contribution in [3.63, 3.8) is 0 Å². The zero-order chi connectivity index (χ0) is 11.6. The fourth-order valence-electron chi connectivity index (χ4n) is 1.10. The van der Waals surface area contributed by atoms with Crippen LogP contribution >= 0.6 is 0 Å². The molecule has 0 aromatic rings. The van der Waals surface area contributed by atoms with E-state index in [1.54, 1.807) is 0 Å². The van der Waals surface area contributed by atoms with Crippen LogP contribution in [0.4, 0.5) is 0 Å². The van der Waals surface area contributed by atoms with Crippen LogP contribution in [0.1, 0.15) is 54.4 Å². The van der Waals surface area contributed by atoms with Gasteiger partial charge in [0, 0.05) is 5.54 Å². The average molecular weight is 202 g/mol. The number of hydrogen-bond acceptors (Lipinski definition) is 2. The molecule has 1 rings (SSSR count). The Morgan fingerprint density at radius 3 is 1.50 bits per heavy atom. The molecule has 0 saturated carbocycles. The molecule has 1 aliphatic rings. The minimum absolute atomic E-state index is 0. The van der Waals surface area contributed by atoms with Crippen molar-refractivity contribution in [2.24, 2.45) is 5.73 Å². The molecular weight excluding hydrogens is 172 g/mol. The SMILES string of the molecule is CC.CC(C)(C)N.CCN1CCCC1. The Balaban J connectivity index is 0. The van der Waals surface area contributed by atoms with E-state index in [9.17, 15) is 0 Å². The summed E-state index contributed by atoms with van der Waals surface area (Å²) in [5.41, 5.74) is 5.35. The number of rotatable bonds is 1. The van der Waals surface area contributed by atoms with E-state index in [0.29, 0.717) is 0 Å². The summed E-state index contributed by atoms with van der Waals surface area (Å²) in [6.07, 6.45) is 2.85.